The maximum atomic E-state index is 14.0. The molecule has 1 N–H and O–H groups in total. The fraction of sp³-hybridized carbons (Fsp3) is 0.500. The summed E-state index contributed by atoms with van der Waals surface area (Å²) in [7, 11) is 0.508. The maximum Gasteiger partial charge on any atom is 0.244 e. The number of nitrogens with one attached hydrogen (secondary N) is 1. The first-order chi connectivity index (χ1) is 18.6. The van der Waals surface area contributed by atoms with Crippen molar-refractivity contribution in [2.24, 2.45) is 0 Å². The smallest absolute Gasteiger partial charge is 0.244 e. The first-order valence-corrected chi connectivity index (χ1v) is 14.9. The molecule has 3 rings (SSSR count). The van der Waals surface area contributed by atoms with E-state index < -0.39 is 28.5 Å². The van der Waals surface area contributed by atoms with Gasteiger partial charge in [-0.2, -0.15) is 0 Å². The molecule has 39 heavy (non-hydrogen) atoms. The van der Waals surface area contributed by atoms with Crippen LogP contribution >= 0.6 is 0 Å². The van der Waals surface area contributed by atoms with Crippen molar-refractivity contribution in [1.82, 2.24) is 10.2 Å². The van der Waals surface area contributed by atoms with E-state index in [4.69, 9.17) is 14.2 Å². The van der Waals surface area contributed by atoms with E-state index in [1.807, 2.05) is 13.0 Å². The van der Waals surface area contributed by atoms with Crippen molar-refractivity contribution in [3.8, 4) is 17.2 Å². The molecule has 1 saturated carbocycles. The Morgan fingerprint density at radius 3 is 2.26 bits per heavy atom. The molecule has 0 heterocycles. The highest BCUT2D eigenvalue weighted by Gasteiger charge is 2.34. The Hall–Kier alpha value is -3.47. The number of carbonyl (C=O) groups excluding carboxylic acids is 2. The van der Waals surface area contributed by atoms with Gasteiger partial charge in [0.2, 0.25) is 21.8 Å². The predicted molar refractivity (Wildman–Crippen MR) is 150 cm³/mol. The number of hydrogen-bond donors (Lipinski definition) is 1. The summed E-state index contributed by atoms with van der Waals surface area (Å²) in [5, 5.41) is 3.10. The SMILES string of the molecule is CC[C@H](C(=O)NC1CCCC1)N(Cc1cccc(OC)c1)C(=O)CN(c1cc(OC)ccc1OC)S(C)(=O)=O. The Morgan fingerprint density at radius 1 is 1.00 bits per heavy atom. The van der Waals surface area contributed by atoms with Gasteiger partial charge in [0.05, 0.1) is 33.3 Å². The molecule has 10 nitrogen and oxygen atoms in total. The molecule has 1 aliphatic carbocycles. The number of benzene rings is 2. The van der Waals surface area contributed by atoms with E-state index in [0.717, 1.165) is 41.8 Å². The van der Waals surface area contributed by atoms with Gasteiger partial charge in [0.15, 0.2) is 0 Å². The van der Waals surface area contributed by atoms with Crippen molar-refractivity contribution in [2.45, 2.75) is 57.7 Å². The molecule has 0 spiro atoms. The highest BCUT2D eigenvalue weighted by Crippen LogP contribution is 2.34. The third kappa shape index (κ3) is 7.78. The van der Waals surface area contributed by atoms with Gasteiger partial charge in [0, 0.05) is 18.7 Å². The number of amides is 2. The molecule has 214 valence electrons. The van der Waals surface area contributed by atoms with Gasteiger partial charge in [0.1, 0.15) is 29.8 Å². The summed E-state index contributed by atoms with van der Waals surface area (Å²) in [6, 6.07) is 11.2. The first kappa shape index (κ1) is 30.1. The average Bonchev–Trinajstić information content (AvgIpc) is 3.43. The summed E-state index contributed by atoms with van der Waals surface area (Å²) in [4.78, 5) is 28.8. The van der Waals surface area contributed by atoms with Crippen LogP contribution in [0, 0.1) is 0 Å². The fourth-order valence-electron chi connectivity index (χ4n) is 4.84. The van der Waals surface area contributed by atoms with Crippen LogP contribution in [-0.2, 0) is 26.2 Å². The van der Waals surface area contributed by atoms with Crippen molar-refractivity contribution in [3.63, 3.8) is 0 Å². The summed E-state index contributed by atoms with van der Waals surface area (Å²) in [5.41, 5.74) is 0.914. The van der Waals surface area contributed by atoms with Gasteiger partial charge in [-0.25, -0.2) is 8.42 Å². The molecule has 2 aromatic carbocycles. The average molecular weight is 562 g/mol. The standard InChI is InChI=1S/C28H39N3O7S/c1-6-24(28(33)29-21-11-7-8-12-21)30(18-20-10-9-13-22(16-20)36-2)27(32)19-31(39(5,34)35)25-17-23(37-3)14-15-26(25)38-4/h9-10,13-17,21,24H,6-8,11-12,18-19H2,1-5H3,(H,29,33)/t24-/m1/s1. The zero-order chi connectivity index (χ0) is 28.6. The minimum Gasteiger partial charge on any atom is -0.497 e. The second-order valence-electron chi connectivity index (χ2n) is 9.59. The van der Waals surface area contributed by atoms with Gasteiger partial charge in [-0.3, -0.25) is 13.9 Å². The highest BCUT2D eigenvalue weighted by molar-refractivity contribution is 7.92. The molecule has 0 radical (unpaired) electrons. The monoisotopic (exact) mass is 561 g/mol. The minimum atomic E-state index is -3.93. The second-order valence-corrected chi connectivity index (χ2v) is 11.5. The zero-order valence-corrected chi connectivity index (χ0v) is 24.1. The van der Waals surface area contributed by atoms with Crippen LogP contribution in [0.1, 0.15) is 44.6 Å². The summed E-state index contributed by atoms with van der Waals surface area (Å²) in [6.45, 7) is 1.41. The summed E-state index contributed by atoms with van der Waals surface area (Å²) >= 11 is 0. The predicted octanol–water partition coefficient (Wildman–Crippen LogP) is 3.34. The van der Waals surface area contributed by atoms with Crippen molar-refractivity contribution >= 4 is 27.5 Å². The number of anilines is 1. The molecule has 0 saturated heterocycles. The molecule has 0 unspecified atom stereocenters. The second kappa shape index (κ2) is 13.5. The summed E-state index contributed by atoms with van der Waals surface area (Å²) < 4.78 is 42.9. The van der Waals surface area contributed by atoms with Crippen LogP contribution in [0.4, 0.5) is 5.69 Å². The van der Waals surface area contributed by atoms with E-state index in [-0.39, 0.29) is 29.9 Å². The third-order valence-electron chi connectivity index (χ3n) is 6.91. The number of rotatable bonds is 13. The Balaban J connectivity index is 1.99. The van der Waals surface area contributed by atoms with E-state index in [1.54, 1.807) is 37.4 Å². The lowest BCUT2D eigenvalue weighted by Crippen LogP contribution is -2.53. The molecule has 11 heteroatoms. The molecule has 2 aromatic rings. The Labute approximate surface area is 231 Å². The topological polar surface area (TPSA) is 114 Å². The van der Waals surface area contributed by atoms with E-state index in [1.165, 1.54) is 25.2 Å². The maximum absolute atomic E-state index is 14.0. The largest absolute Gasteiger partial charge is 0.497 e. The van der Waals surface area contributed by atoms with Crippen molar-refractivity contribution in [3.05, 3.63) is 48.0 Å². The molecular weight excluding hydrogens is 522 g/mol. The molecular formula is C28H39N3O7S. The molecule has 1 atom stereocenters. The fourth-order valence-corrected chi connectivity index (χ4v) is 5.69. The van der Waals surface area contributed by atoms with Crippen LogP contribution in [0.25, 0.3) is 0 Å². The van der Waals surface area contributed by atoms with Crippen LogP contribution in [0.5, 0.6) is 17.2 Å². The van der Waals surface area contributed by atoms with Gasteiger partial charge in [-0.1, -0.05) is 31.9 Å². The van der Waals surface area contributed by atoms with Crippen LogP contribution < -0.4 is 23.8 Å². The normalized spacial score (nSPS) is 14.4. The number of ether oxygens (including phenoxy) is 3. The summed E-state index contributed by atoms with van der Waals surface area (Å²) in [5.74, 6) is 0.510. The van der Waals surface area contributed by atoms with E-state index in [0.29, 0.717) is 17.9 Å². The number of carbonyl (C=O) groups is 2. The molecule has 0 aliphatic heterocycles. The van der Waals surface area contributed by atoms with Crippen LogP contribution in [0.15, 0.2) is 42.5 Å². The van der Waals surface area contributed by atoms with E-state index in [9.17, 15) is 18.0 Å². The quantitative estimate of drug-likeness (QED) is 0.399. The number of sulfonamides is 1. The number of methoxy groups -OCH3 is 3. The van der Waals surface area contributed by atoms with E-state index in [2.05, 4.69) is 5.32 Å². The highest BCUT2D eigenvalue weighted by atomic mass is 32.2. The van der Waals surface area contributed by atoms with Gasteiger partial charge in [-0.15, -0.1) is 0 Å². The lowest BCUT2D eigenvalue weighted by Gasteiger charge is -2.33. The van der Waals surface area contributed by atoms with Crippen LogP contribution in [0.3, 0.4) is 0 Å². The zero-order valence-electron chi connectivity index (χ0n) is 23.3. The van der Waals surface area contributed by atoms with Gasteiger partial charge in [-0.05, 0) is 49.1 Å². The summed E-state index contributed by atoms with van der Waals surface area (Å²) in [6.07, 6.45) is 5.30. The van der Waals surface area contributed by atoms with Crippen molar-refractivity contribution in [2.75, 3.05) is 38.4 Å². The molecule has 0 bridgehead atoms. The lowest BCUT2D eigenvalue weighted by atomic mass is 10.1. The number of nitrogens with zero attached hydrogens (tertiary/aromatic N) is 2. The molecule has 1 aliphatic rings. The van der Waals surface area contributed by atoms with E-state index >= 15 is 0 Å². The number of hydrogen-bond acceptors (Lipinski definition) is 7. The van der Waals surface area contributed by atoms with Gasteiger partial charge < -0.3 is 24.4 Å². The molecule has 2 amide bonds. The minimum absolute atomic E-state index is 0.0777. The van der Waals surface area contributed by atoms with Crippen molar-refractivity contribution < 1.29 is 32.2 Å². The Morgan fingerprint density at radius 2 is 1.67 bits per heavy atom. The Kier molecular flexibility index (Phi) is 10.4. The van der Waals surface area contributed by atoms with Gasteiger partial charge in [0.25, 0.3) is 0 Å². The van der Waals surface area contributed by atoms with Crippen LogP contribution in [0.2, 0.25) is 0 Å². The van der Waals surface area contributed by atoms with Crippen LogP contribution in [-0.4, -0.2) is 71.3 Å². The lowest BCUT2D eigenvalue weighted by molar-refractivity contribution is -0.140. The van der Waals surface area contributed by atoms with Gasteiger partial charge >= 0.3 is 0 Å². The van der Waals surface area contributed by atoms with Crippen molar-refractivity contribution in [1.29, 1.82) is 0 Å². The third-order valence-corrected chi connectivity index (χ3v) is 8.03. The molecule has 0 aromatic heterocycles. The Bertz CT molecular complexity index is 1250. The first-order valence-electron chi connectivity index (χ1n) is 13.0. The molecule has 1 fully saturated rings.